The van der Waals surface area contributed by atoms with Crippen molar-refractivity contribution in [2.75, 3.05) is 5.73 Å². The largest absolute Gasteiger partial charge is 0.505 e. The quantitative estimate of drug-likeness (QED) is 0.0311. The zero-order valence-electron chi connectivity index (χ0n) is 30.3. The number of anilines is 1. The average Bonchev–Trinajstić information content (AvgIpc) is 3.18. The molecular weight excluding hydrogens is 887 g/mol. The molecule has 0 spiro atoms. The van der Waals surface area contributed by atoms with Crippen LogP contribution in [-0.4, -0.2) is 83.0 Å². The van der Waals surface area contributed by atoms with Crippen LogP contribution in [0.15, 0.2) is 124 Å². The SMILES string of the molecule is Nc1c(N=Nc2ccc3cc(S(=O)(=O)O)c(N=Nc4ccccc4C(=O)O)c(O)c3c2)cc(S(=O)(=O)O)c2cc(S(O)(O)O)c(N=Nc3cc(C(=O)O)ccc3C(=O)O)c(O)c12. The summed E-state index contributed by atoms with van der Waals surface area (Å²) in [5.74, 6) is -6.68. The number of carboxylic acids is 3. The van der Waals surface area contributed by atoms with Crippen LogP contribution in [0.5, 0.6) is 11.5 Å². The van der Waals surface area contributed by atoms with Crippen molar-refractivity contribution in [2.45, 2.75) is 14.7 Å². The minimum Gasteiger partial charge on any atom is -0.505 e. The normalized spacial score (nSPS) is 12.9. The molecule has 6 aromatic rings. The Bertz CT molecular complexity index is 3260. The minimum absolute atomic E-state index is 0.0275. The smallest absolute Gasteiger partial charge is 0.337 e. The number of phenols is 2. The number of carbonyl (C=O) groups is 3. The second kappa shape index (κ2) is 16.2. The third-order valence-corrected chi connectivity index (χ3v) is 11.3. The summed E-state index contributed by atoms with van der Waals surface area (Å²) in [6.45, 7) is 0. The van der Waals surface area contributed by atoms with E-state index in [4.69, 9.17) is 5.73 Å². The first kappa shape index (κ1) is 44.1. The average molecular weight is 912 g/mol. The van der Waals surface area contributed by atoms with Crippen molar-refractivity contribution >= 4 is 110 Å². The highest BCUT2D eigenvalue weighted by molar-refractivity contribution is 8.19. The monoisotopic (exact) mass is 911 g/mol. The van der Waals surface area contributed by atoms with Crippen molar-refractivity contribution < 1.29 is 79.5 Å². The number of nitrogen functional groups attached to an aromatic ring is 1. The highest BCUT2D eigenvalue weighted by atomic mass is 32.3. The molecule has 6 aromatic carbocycles. The molecule has 24 nitrogen and oxygen atoms in total. The molecular formula is C35H25N7O17S3. The van der Waals surface area contributed by atoms with Gasteiger partial charge in [-0.3, -0.25) is 9.11 Å². The van der Waals surface area contributed by atoms with E-state index in [9.17, 15) is 79.5 Å². The Morgan fingerprint density at radius 1 is 0.516 bits per heavy atom. The highest BCUT2D eigenvalue weighted by Gasteiger charge is 2.31. The van der Waals surface area contributed by atoms with Crippen LogP contribution >= 0.6 is 10.9 Å². The number of carboxylic acid groups (broad SMARTS) is 3. The Kier molecular flexibility index (Phi) is 11.5. The Hall–Kier alpha value is -7.50. The maximum absolute atomic E-state index is 12.7. The van der Waals surface area contributed by atoms with Gasteiger partial charge in [-0.15, -0.1) is 25.6 Å². The number of fused-ring (bicyclic) bond motifs is 2. The van der Waals surface area contributed by atoms with E-state index >= 15 is 0 Å². The van der Waals surface area contributed by atoms with Crippen molar-refractivity contribution in [3.05, 3.63) is 95.6 Å². The third-order valence-electron chi connectivity index (χ3n) is 8.60. The van der Waals surface area contributed by atoms with Gasteiger partial charge in [-0.25, -0.2) is 14.4 Å². The summed E-state index contributed by atoms with van der Waals surface area (Å²) in [5.41, 5.74) is 0.667. The number of rotatable bonds is 12. The van der Waals surface area contributed by atoms with E-state index in [0.717, 1.165) is 30.3 Å². The van der Waals surface area contributed by atoms with Crippen LogP contribution < -0.4 is 5.73 Å². The van der Waals surface area contributed by atoms with Crippen LogP contribution in [0.4, 0.5) is 39.8 Å². The van der Waals surface area contributed by atoms with E-state index in [1.54, 1.807) is 0 Å². The van der Waals surface area contributed by atoms with Gasteiger partial charge in [-0.2, -0.15) is 21.9 Å². The number of hydrogen-bond acceptors (Lipinski definition) is 19. The molecule has 0 saturated carbocycles. The molecule has 27 heteroatoms. The van der Waals surface area contributed by atoms with Crippen molar-refractivity contribution in [1.82, 2.24) is 0 Å². The maximum Gasteiger partial charge on any atom is 0.337 e. The molecule has 0 heterocycles. The molecule has 320 valence electrons. The van der Waals surface area contributed by atoms with Crippen molar-refractivity contribution in [1.29, 1.82) is 0 Å². The van der Waals surface area contributed by atoms with Gasteiger partial charge in [-0.1, -0.05) is 18.2 Å². The molecule has 6 rings (SSSR count). The lowest BCUT2D eigenvalue weighted by Crippen LogP contribution is -2.04. The molecule has 0 aliphatic carbocycles. The van der Waals surface area contributed by atoms with Gasteiger partial charge >= 0.3 is 17.9 Å². The molecule has 0 amide bonds. The Morgan fingerprint density at radius 3 is 1.69 bits per heavy atom. The van der Waals surface area contributed by atoms with Crippen LogP contribution in [0.2, 0.25) is 0 Å². The summed E-state index contributed by atoms with van der Waals surface area (Å²) in [6, 6.07) is 13.3. The van der Waals surface area contributed by atoms with Gasteiger partial charge in [-0.05, 0) is 66.0 Å². The van der Waals surface area contributed by atoms with Crippen molar-refractivity contribution in [2.24, 2.45) is 30.7 Å². The van der Waals surface area contributed by atoms with Crippen LogP contribution in [0.25, 0.3) is 21.5 Å². The van der Waals surface area contributed by atoms with E-state index in [1.807, 2.05) is 0 Å². The molecule has 0 aliphatic rings. The summed E-state index contributed by atoms with van der Waals surface area (Å²) in [4.78, 5) is 31.8. The summed E-state index contributed by atoms with van der Waals surface area (Å²) in [6.07, 6.45) is 0. The second-order valence-electron chi connectivity index (χ2n) is 12.5. The number of benzene rings is 6. The topological polar surface area (TPSA) is 422 Å². The zero-order valence-corrected chi connectivity index (χ0v) is 32.8. The zero-order chi connectivity index (χ0) is 45.6. The van der Waals surface area contributed by atoms with Gasteiger partial charge in [0.25, 0.3) is 20.2 Å². The molecule has 62 heavy (non-hydrogen) atoms. The number of hydrogen-bond donors (Lipinski definition) is 11. The van der Waals surface area contributed by atoms with Crippen LogP contribution in [0, 0.1) is 0 Å². The predicted molar refractivity (Wildman–Crippen MR) is 215 cm³/mol. The standard InChI is InChI=1S/C35H25N7O17S3/c36-28-23(40-37-16-7-5-14-10-25(61(54,55)56)29(31(43)19(14)11-16)41-38-21-4-2-1-3-17(21)34(47)48)13-24(60(51,52)53)20-12-26(62(57,58)59)30(32(44)27(20)28)42-39-22-9-15(33(45)46)6-8-18(22)35(49)50/h1-13,43-44,57-59H,36H2,(H,45,46)(H,47,48)(H,49,50)(H,51,52,53)(H,54,55,56). The van der Waals surface area contributed by atoms with E-state index in [1.165, 1.54) is 36.4 Å². The Labute approximate surface area is 347 Å². The molecule has 0 radical (unpaired) electrons. The Balaban J connectivity index is 1.53. The van der Waals surface area contributed by atoms with E-state index < -0.39 is 126 Å². The molecule has 0 fully saturated rings. The number of aromatic hydroxyl groups is 2. The number of nitrogens with two attached hydrogens (primary N) is 1. The summed E-state index contributed by atoms with van der Waals surface area (Å²) < 4.78 is 101. The first-order valence-electron chi connectivity index (χ1n) is 16.4. The molecule has 0 atom stereocenters. The molecule has 12 N–H and O–H groups in total. The van der Waals surface area contributed by atoms with Crippen LogP contribution in [0.3, 0.4) is 0 Å². The molecule has 0 bridgehead atoms. The van der Waals surface area contributed by atoms with Gasteiger partial charge in [0.2, 0.25) is 0 Å². The van der Waals surface area contributed by atoms with Crippen molar-refractivity contribution in [3.8, 4) is 11.5 Å². The lowest BCUT2D eigenvalue weighted by atomic mass is 10.0. The van der Waals surface area contributed by atoms with Gasteiger partial charge < -0.3 is 44.9 Å². The summed E-state index contributed by atoms with van der Waals surface area (Å²) >= 11 is 0. The van der Waals surface area contributed by atoms with Gasteiger partial charge in [0.1, 0.15) is 49.1 Å². The molecule has 0 aliphatic heterocycles. The molecule has 0 saturated heterocycles. The van der Waals surface area contributed by atoms with Gasteiger partial charge in [0, 0.05) is 10.8 Å². The number of phenolic OH excluding ortho intramolecular Hbond substituents is 2. The van der Waals surface area contributed by atoms with Gasteiger partial charge in [0.05, 0.1) is 38.3 Å². The lowest BCUT2D eigenvalue weighted by molar-refractivity contribution is 0.0682. The van der Waals surface area contributed by atoms with Crippen molar-refractivity contribution in [3.63, 3.8) is 0 Å². The second-order valence-corrected chi connectivity index (χ2v) is 16.8. The predicted octanol–water partition coefficient (Wildman–Crippen LogP) is 8.40. The lowest BCUT2D eigenvalue weighted by Gasteiger charge is -2.23. The number of nitrogens with zero attached hydrogens (tertiary/aromatic N) is 6. The fourth-order valence-corrected chi connectivity index (χ4v) is 7.81. The first-order valence-corrected chi connectivity index (χ1v) is 20.8. The maximum atomic E-state index is 12.7. The third kappa shape index (κ3) is 8.70. The fourth-order valence-electron chi connectivity index (χ4n) is 5.78. The summed E-state index contributed by atoms with van der Waals surface area (Å²) in [7, 11) is -15.4. The fraction of sp³-hybridized carbons (Fsp3) is 0. The molecule has 0 unspecified atom stereocenters. The number of azo groups is 3. The minimum atomic E-state index is -5.35. The highest BCUT2D eigenvalue weighted by Crippen LogP contribution is 2.56. The van der Waals surface area contributed by atoms with E-state index in [2.05, 4.69) is 30.7 Å². The summed E-state index contributed by atoms with van der Waals surface area (Å²) in [5, 5.41) is 71.9. The first-order chi connectivity index (χ1) is 28.9. The van der Waals surface area contributed by atoms with Gasteiger partial charge in [0.15, 0.2) is 11.5 Å². The molecule has 0 aromatic heterocycles. The van der Waals surface area contributed by atoms with Crippen LogP contribution in [0.1, 0.15) is 31.1 Å². The number of aromatic carboxylic acids is 3. The van der Waals surface area contributed by atoms with E-state index in [0.29, 0.717) is 12.1 Å². The van der Waals surface area contributed by atoms with Crippen LogP contribution in [-0.2, 0) is 20.2 Å². The Morgan fingerprint density at radius 2 is 1.10 bits per heavy atom. The van der Waals surface area contributed by atoms with E-state index in [-0.39, 0.29) is 27.7 Å².